The van der Waals surface area contributed by atoms with Crippen molar-refractivity contribution >= 4 is 70.1 Å². The molecule has 0 aliphatic rings. The molecule has 0 aromatic rings. The van der Waals surface area contributed by atoms with Crippen molar-refractivity contribution in [2.24, 2.45) is 0 Å². The number of halogens is 4. The molecule has 0 nitrogen and oxygen atoms in total. The van der Waals surface area contributed by atoms with Crippen LogP contribution in [-0.2, 0) is 0 Å². The minimum atomic E-state index is -0.592. The van der Waals surface area contributed by atoms with Gasteiger partial charge in [0, 0.05) is 0 Å². The summed E-state index contributed by atoms with van der Waals surface area (Å²) in [6, 6.07) is 0. The number of hydrogen-bond acceptors (Lipinski definition) is 0. The average Bonchev–Trinajstić information content (AvgIpc) is 0.722. The van der Waals surface area contributed by atoms with Crippen LogP contribution in [0.25, 0.3) is 0 Å². The third kappa shape index (κ3) is 29.0. The Morgan fingerprint density at radius 1 is 1.17 bits per heavy atom. The quantitative estimate of drug-likeness (QED) is 0.409. The van der Waals surface area contributed by atoms with Crippen LogP contribution in [0, 0.1) is 0 Å². The minimum Gasteiger partial charge on any atom is -0.312 e. The molecule has 0 fully saturated rings. The van der Waals surface area contributed by atoms with Gasteiger partial charge >= 0.3 is 18.9 Å². The maximum atomic E-state index is 3.26. The van der Waals surface area contributed by atoms with Gasteiger partial charge in [-0.3, -0.25) is 0 Å². The van der Waals surface area contributed by atoms with Crippen LogP contribution >= 0.6 is 69.6 Å². The van der Waals surface area contributed by atoms with Crippen molar-refractivity contribution in [1.29, 1.82) is 0 Å². The summed E-state index contributed by atoms with van der Waals surface area (Å²) in [7, 11) is 0. The maximum Gasteiger partial charge on any atom is 1.00 e. The van der Waals surface area contributed by atoms with Crippen LogP contribution in [0.5, 0.6) is 0 Å². The van der Waals surface area contributed by atoms with Crippen molar-refractivity contribution in [3.05, 3.63) is 0 Å². The Hall–Kier alpha value is 2.83. The Kier molecular flexibility index (Phi) is 9.07. The molecule has 0 N–H and O–H groups in total. The van der Waals surface area contributed by atoms with Crippen LogP contribution in [0.3, 0.4) is 0 Å². The van der Waals surface area contributed by atoms with Crippen molar-refractivity contribution in [1.82, 2.24) is 0 Å². The number of hydrogen-bond donors (Lipinski definition) is 0. The van der Waals surface area contributed by atoms with Crippen LogP contribution < -0.4 is 18.9 Å². The standard InChI is InChI=1S/BBr3I.Li/c2-1(3,4)5;/q-1;+1. The molecular weight excluding hydrogens is 384 g/mol. The second-order valence-corrected chi connectivity index (χ2v) is 15.3. The van der Waals surface area contributed by atoms with Gasteiger partial charge in [0.1, 0.15) is 0 Å². The summed E-state index contributed by atoms with van der Waals surface area (Å²) in [6.45, 7) is 0. The van der Waals surface area contributed by atoms with Gasteiger partial charge in [-0.2, -0.15) is 0 Å². The van der Waals surface area contributed by atoms with Crippen molar-refractivity contribution in [3.8, 4) is 0 Å². The van der Waals surface area contributed by atoms with E-state index in [0.717, 1.165) is 0 Å². The van der Waals surface area contributed by atoms with Crippen LogP contribution in [0.2, 0.25) is 0 Å². The second kappa shape index (κ2) is 4.69. The Bertz CT molecular complexity index is 26.3. The summed E-state index contributed by atoms with van der Waals surface area (Å²) < 4.78 is -0.592. The molecule has 0 heterocycles. The molecule has 0 unspecified atom stereocenters. The van der Waals surface area contributed by atoms with E-state index in [1.165, 1.54) is 0 Å². The molecule has 0 rings (SSSR count). The Balaban J connectivity index is 0. The number of rotatable bonds is 0. The molecule has 0 saturated carbocycles. The first-order valence-corrected chi connectivity index (χ1v) is 4.87. The Morgan fingerprint density at radius 2 is 1.17 bits per heavy atom. The first-order chi connectivity index (χ1) is 2.00. The third-order valence-electron chi connectivity index (χ3n) is 0. The molecule has 0 spiro atoms. The van der Waals surface area contributed by atoms with E-state index in [4.69, 9.17) is 0 Å². The van der Waals surface area contributed by atoms with Gasteiger partial charge in [0.05, 0.1) is 0 Å². The summed E-state index contributed by atoms with van der Waals surface area (Å²) in [6.07, 6.45) is 0. The molecule has 0 radical (unpaired) electrons. The summed E-state index contributed by atoms with van der Waals surface area (Å²) >= 11 is 12.0. The predicted molar refractivity (Wildman–Crippen MR) is 46.6 cm³/mol. The van der Waals surface area contributed by atoms with Crippen LogP contribution in [0.15, 0.2) is 0 Å². The topological polar surface area (TPSA) is 0 Å². The summed E-state index contributed by atoms with van der Waals surface area (Å²) in [5.74, 6) is 0. The van der Waals surface area contributed by atoms with Crippen molar-refractivity contribution < 1.29 is 18.9 Å². The van der Waals surface area contributed by atoms with Crippen LogP contribution in [-0.4, -0.2) is 0.475 Å². The van der Waals surface area contributed by atoms with Gasteiger partial charge in [0.2, 0.25) is 0.475 Å². The molecule has 0 atom stereocenters. The van der Waals surface area contributed by atoms with Crippen molar-refractivity contribution in [3.63, 3.8) is 0 Å². The zero-order valence-electron chi connectivity index (χ0n) is 3.09. The molecule has 6 heavy (non-hydrogen) atoms. The van der Waals surface area contributed by atoms with Crippen molar-refractivity contribution in [2.75, 3.05) is 0 Å². The molecule has 0 bridgehead atoms. The van der Waals surface area contributed by atoms with Gasteiger partial charge in [-0.1, -0.05) is 0 Å². The monoisotopic (exact) mass is 382 g/mol. The Morgan fingerprint density at radius 3 is 1.17 bits per heavy atom. The van der Waals surface area contributed by atoms with Crippen LogP contribution in [0.1, 0.15) is 0 Å². The average molecular weight is 384 g/mol. The summed E-state index contributed by atoms with van der Waals surface area (Å²) in [4.78, 5) is 0. The minimum absolute atomic E-state index is 0. The molecule has 0 amide bonds. The van der Waals surface area contributed by atoms with E-state index >= 15 is 0 Å². The first kappa shape index (κ1) is 11.6. The van der Waals surface area contributed by atoms with E-state index in [-0.39, 0.29) is 18.9 Å². The second-order valence-electron chi connectivity index (χ2n) is 0.495. The third-order valence-corrected chi connectivity index (χ3v) is 0. The van der Waals surface area contributed by atoms with Gasteiger partial charge in [-0.25, -0.2) is 0 Å². The van der Waals surface area contributed by atoms with E-state index in [9.17, 15) is 0 Å². The molecule has 0 aliphatic heterocycles. The van der Waals surface area contributed by atoms with Gasteiger partial charge < -0.3 is 69.6 Å². The van der Waals surface area contributed by atoms with E-state index in [0.29, 0.717) is 0 Å². The van der Waals surface area contributed by atoms with E-state index in [1.807, 2.05) is 0 Å². The summed E-state index contributed by atoms with van der Waals surface area (Å²) in [5, 5.41) is 0. The fraction of sp³-hybridized carbons (Fsp3) is 0. The molecule has 32 valence electrons. The zero-order valence-corrected chi connectivity index (χ0v) is 10.0. The van der Waals surface area contributed by atoms with Gasteiger partial charge in [0.15, 0.2) is 0 Å². The Labute approximate surface area is 87.5 Å². The first-order valence-electron chi connectivity index (χ1n) is 0.873. The largest absolute Gasteiger partial charge is 1.00 e. The molecule has 0 aromatic heterocycles. The van der Waals surface area contributed by atoms with Gasteiger partial charge in [-0.15, -0.1) is 0 Å². The molecule has 6 heteroatoms. The summed E-state index contributed by atoms with van der Waals surface area (Å²) in [5.41, 5.74) is 0. The van der Waals surface area contributed by atoms with Crippen molar-refractivity contribution in [2.45, 2.75) is 0 Å². The molecule has 0 saturated heterocycles. The van der Waals surface area contributed by atoms with E-state index in [1.54, 1.807) is 0 Å². The molecule has 0 aromatic carbocycles. The zero-order chi connectivity index (χ0) is 4.50. The van der Waals surface area contributed by atoms with E-state index in [2.05, 4.69) is 69.6 Å². The normalized spacial score (nSPS) is 10.0. The van der Waals surface area contributed by atoms with Gasteiger partial charge in [0.25, 0.3) is 0 Å². The smallest absolute Gasteiger partial charge is 0.312 e. The predicted octanol–water partition coefficient (Wildman–Crippen LogP) is 0.0457. The van der Waals surface area contributed by atoms with Gasteiger partial charge in [-0.05, 0) is 0 Å². The fourth-order valence-electron chi connectivity index (χ4n) is 0. The van der Waals surface area contributed by atoms with E-state index < -0.39 is 0.475 Å². The SMILES string of the molecule is Br[B-](Br)(Br)I.[Li+]. The maximum absolute atomic E-state index is 3.26. The molecular formula is BBr3ILi. The van der Waals surface area contributed by atoms with Crippen LogP contribution in [0.4, 0.5) is 0 Å². The molecule has 0 aliphatic carbocycles. The fourth-order valence-corrected chi connectivity index (χ4v) is 0.